The summed E-state index contributed by atoms with van der Waals surface area (Å²) in [6.45, 7) is 2.38. The van der Waals surface area contributed by atoms with E-state index in [2.05, 4.69) is 34.1 Å². The number of anilines is 2. The number of ether oxygens (including phenoxy) is 2. The molecular weight excluding hydrogens is 424 g/mol. The van der Waals surface area contributed by atoms with Crippen molar-refractivity contribution >= 4 is 17.2 Å². The number of benzene rings is 4. The van der Waals surface area contributed by atoms with Gasteiger partial charge in [-0.1, -0.05) is 36.4 Å². The van der Waals surface area contributed by atoms with E-state index in [1.54, 1.807) is 0 Å². The topological polar surface area (TPSA) is 42.0 Å². The molecule has 0 aromatic heterocycles. The number of fused-ring (bicyclic) bond motifs is 2. The lowest BCUT2D eigenvalue weighted by Gasteiger charge is -2.31. The number of ketones is 1. The molecule has 0 aliphatic carbocycles. The number of carbonyl (C=O) groups is 1. The lowest BCUT2D eigenvalue weighted by atomic mass is 9.98. The van der Waals surface area contributed by atoms with Gasteiger partial charge in [0.05, 0.1) is 0 Å². The van der Waals surface area contributed by atoms with Crippen LogP contribution in [0.1, 0.15) is 27.0 Å². The minimum absolute atomic E-state index is 0.000677. The standard InChI is InChI=1S/C29H24N2O3/c32-29(21-11-13-27-23(15-21)17-30(19-33-27)25-7-3-1-4-8-25)22-12-14-28-24(16-22)18-31(20-34-28)26-9-5-2-6-10-26/h1-16H,17-20H2. The van der Waals surface area contributed by atoms with Gasteiger partial charge in [-0.05, 0) is 60.7 Å². The second kappa shape index (κ2) is 8.60. The van der Waals surface area contributed by atoms with Gasteiger partial charge in [-0.15, -0.1) is 0 Å². The summed E-state index contributed by atoms with van der Waals surface area (Å²) in [5, 5.41) is 0. The van der Waals surface area contributed by atoms with E-state index in [-0.39, 0.29) is 5.78 Å². The normalized spacial score (nSPS) is 14.5. The Morgan fingerprint density at radius 3 is 1.47 bits per heavy atom. The van der Waals surface area contributed by atoms with Gasteiger partial charge in [0.1, 0.15) is 11.5 Å². The molecule has 2 heterocycles. The molecule has 0 saturated carbocycles. The Hall–Kier alpha value is -4.25. The second-order valence-electron chi connectivity index (χ2n) is 8.59. The molecule has 0 fully saturated rings. The van der Waals surface area contributed by atoms with E-state index in [1.165, 1.54) is 0 Å². The first-order chi connectivity index (χ1) is 16.7. The predicted octanol–water partition coefficient (Wildman–Crippen LogP) is 5.63. The molecule has 0 saturated heterocycles. The Morgan fingerprint density at radius 2 is 1.03 bits per heavy atom. The molecule has 5 heteroatoms. The first kappa shape index (κ1) is 20.4. The average molecular weight is 449 g/mol. The Kier molecular flexibility index (Phi) is 5.15. The van der Waals surface area contributed by atoms with E-state index in [1.807, 2.05) is 72.8 Å². The molecule has 0 bridgehead atoms. The van der Waals surface area contributed by atoms with Crippen LogP contribution < -0.4 is 19.3 Å². The maximum Gasteiger partial charge on any atom is 0.193 e. The minimum Gasteiger partial charge on any atom is -0.473 e. The van der Waals surface area contributed by atoms with Crippen molar-refractivity contribution in [2.75, 3.05) is 23.3 Å². The molecule has 6 rings (SSSR count). The Balaban J connectivity index is 1.24. The number of para-hydroxylation sites is 2. The van der Waals surface area contributed by atoms with Crippen LogP contribution in [0.2, 0.25) is 0 Å². The molecule has 0 atom stereocenters. The van der Waals surface area contributed by atoms with E-state index >= 15 is 0 Å². The van der Waals surface area contributed by atoms with Crippen molar-refractivity contribution in [3.8, 4) is 11.5 Å². The van der Waals surface area contributed by atoms with Gasteiger partial charge in [0.2, 0.25) is 0 Å². The van der Waals surface area contributed by atoms with Crippen LogP contribution >= 0.6 is 0 Å². The molecule has 5 nitrogen and oxygen atoms in total. The first-order valence-corrected chi connectivity index (χ1v) is 11.4. The van der Waals surface area contributed by atoms with Crippen molar-refractivity contribution in [3.63, 3.8) is 0 Å². The summed E-state index contributed by atoms with van der Waals surface area (Å²) in [6, 6.07) is 31.8. The van der Waals surface area contributed by atoms with E-state index < -0.39 is 0 Å². The number of nitrogens with zero attached hydrogens (tertiary/aromatic N) is 2. The molecule has 0 N–H and O–H groups in total. The Morgan fingerprint density at radius 1 is 0.588 bits per heavy atom. The van der Waals surface area contributed by atoms with Crippen LogP contribution in [0.15, 0.2) is 97.1 Å². The molecule has 168 valence electrons. The molecule has 0 spiro atoms. The quantitative estimate of drug-likeness (QED) is 0.379. The van der Waals surface area contributed by atoms with E-state index in [9.17, 15) is 4.79 Å². The first-order valence-electron chi connectivity index (χ1n) is 11.4. The van der Waals surface area contributed by atoms with Crippen LogP contribution in [0.25, 0.3) is 0 Å². The smallest absolute Gasteiger partial charge is 0.193 e. The molecule has 4 aromatic carbocycles. The fraction of sp³-hybridized carbons (Fsp3) is 0.138. The second-order valence-corrected chi connectivity index (χ2v) is 8.59. The zero-order valence-electron chi connectivity index (χ0n) is 18.7. The fourth-order valence-corrected chi connectivity index (χ4v) is 4.54. The van der Waals surface area contributed by atoms with Gasteiger partial charge in [-0.3, -0.25) is 4.79 Å². The highest BCUT2D eigenvalue weighted by Crippen LogP contribution is 2.32. The largest absolute Gasteiger partial charge is 0.473 e. The highest BCUT2D eigenvalue weighted by molar-refractivity contribution is 6.09. The molecule has 4 aromatic rings. The van der Waals surface area contributed by atoms with Gasteiger partial charge in [0, 0.05) is 46.7 Å². The average Bonchev–Trinajstić information content (AvgIpc) is 2.92. The predicted molar refractivity (Wildman–Crippen MR) is 133 cm³/mol. The van der Waals surface area contributed by atoms with Gasteiger partial charge >= 0.3 is 0 Å². The van der Waals surface area contributed by atoms with Crippen molar-refractivity contribution in [1.29, 1.82) is 0 Å². The highest BCUT2D eigenvalue weighted by atomic mass is 16.5. The lowest BCUT2D eigenvalue weighted by Crippen LogP contribution is -2.32. The summed E-state index contributed by atoms with van der Waals surface area (Å²) in [5.74, 6) is 1.67. The molecule has 0 radical (unpaired) electrons. The van der Waals surface area contributed by atoms with Crippen LogP contribution in [0.3, 0.4) is 0 Å². The third kappa shape index (κ3) is 3.86. The fourth-order valence-electron chi connectivity index (χ4n) is 4.54. The van der Waals surface area contributed by atoms with Crippen LogP contribution in [0.4, 0.5) is 11.4 Å². The Labute approximate surface area is 198 Å². The molecular formula is C29H24N2O3. The maximum absolute atomic E-state index is 13.4. The number of rotatable bonds is 4. The molecule has 2 aliphatic heterocycles. The van der Waals surface area contributed by atoms with Gasteiger partial charge in [0.15, 0.2) is 19.2 Å². The third-order valence-corrected chi connectivity index (χ3v) is 6.36. The van der Waals surface area contributed by atoms with E-state index in [4.69, 9.17) is 9.47 Å². The summed E-state index contributed by atoms with van der Waals surface area (Å²) < 4.78 is 11.9. The summed E-state index contributed by atoms with van der Waals surface area (Å²) in [6.07, 6.45) is 0. The van der Waals surface area contributed by atoms with Crippen molar-refractivity contribution < 1.29 is 14.3 Å². The zero-order chi connectivity index (χ0) is 22.9. The SMILES string of the molecule is O=C(c1ccc2c(c1)CN(c1ccccc1)CO2)c1ccc2c(c1)CN(c1ccccc1)CO2. The molecule has 34 heavy (non-hydrogen) atoms. The van der Waals surface area contributed by atoms with Crippen LogP contribution in [-0.4, -0.2) is 19.2 Å². The van der Waals surface area contributed by atoms with Crippen molar-refractivity contribution in [1.82, 2.24) is 0 Å². The summed E-state index contributed by atoms with van der Waals surface area (Å²) in [4.78, 5) is 17.7. The van der Waals surface area contributed by atoms with Crippen molar-refractivity contribution in [2.45, 2.75) is 13.1 Å². The monoisotopic (exact) mass is 448 g/mol. The highest BCUT2D eigenvalue weighted by Gasteiger charge is 2.22. The maximum atomic E-state index is 13.4. The van der Waals surface area contributed by atoms with Gasteiger partial charge < -0.3 is 19.3 Å². The number of hydrogen-bond acceptors (Lipinski definition) is 5. The van der Waals surface area contributed by atoms with E-state index in [0.29, 0.717) is 37.7 Å². The summed E-state index contributed by atoms with van der Waals surface area (Å²) >= 11 is 0. The van der Waals surface area contributed by atoms with Crippen LogP contribution in [-0.2, 0) is 13.1 Å². The molecule has 0 amide bonds. The Bertz CT molecular complexity index is 1240. The molecule has 2 aliphatic rings. The summed E-state index contributed by atoms with van der Waals surface area (Å²) in [7, 11) is 0. The molecule has 0 unspecified atom stereocenters. The van der Waals surface area contributed by atoms with Crippen LogP contribution in [0, 0.1) is 0 Å². The summed E-state index contributed by atoms with van der Waals surface area (Å²) in [5.41, 5.74) is 5.54. The third-order valence-electron chi connectivity index (χ3n) is 6.36. The van der Waals surface area contributed by atoms with Crippen LogP contribution in [0.5, 0.6) is 11.5 Å². The minimum atomic E-state index is -0.000677. The van der Waals surface area contributed by atoms with Gasteiger partial charge in [0.25, 0.3) is 0 Å². The van der Waals surface area contributed by atoms with Gasteiger partial charge in [-0.2, -0.15) is 0 Å². The van der Waals surface area contributed by atoms with Crippen molar-refractivity contribution in [2.24, 2.45) is 0 Å². The zero-order valence-corrected chi connectivity index (χ0v) is 18.7. The van der Waals surface area contributed by atoms with Gasteiger partial charge in [-0.25, -0.2) is 0 Å². The number of hydrogen-bond donors (Lipinski definition) is 0. The number of carbonyl (C=O) groups excluding carboxylic acids is 1. The van der Waals surface area contributed by atoms with E-state index in [0.717, 1.165) is 34.0 Å². The van der Waals surface area contributed by atoms with Crippen molar-refractivity contribution in [3.05, 3.63) is 119 Å². The lowest BCUT2D eigenvalue weighted by molar-refractivity contribution is 0.103.